The van der Waals surface area contributed by atoms with Gasteiger partial charge in [0.1, 0.15) is 11.6 Å². The summed E-state index contributed by atoms with van der Waals surface area (Å²) in [7, 11) is 0. The van der Waals surface area contributed by atoms with Crippen molar-refractivity contribution in [1.82, 2.24) is 14.5 Å². The Morgan fingerprint density at radius 2 is 1.28 bits per heavy atom. The number of hydrogen-bond acceptors (Lipinski definition) is 3. The molecule has 0 aliphatic rings. The van der Waals surface area contributed by atoms with E-state index in [1.54, 1.807) is 18.3 Å². The van der Waals surface area contributed by atoms with E-state index in [4.69, 9.17) is 22.3 Å². The van der Waals surface area contributed by atoms with Crippen LogP contribution in [-0.4, -0.2) is 19.6 Å². The van der Waals surface area contributed by atoms with Gasteiger partial charge in [-0.15, -0.1) is 29.3 Å². The zero-order valence-corrected chi connectivity index (χ0v) is 45.0. The minimum absolute atomic E-state index is 0. The fourth-order valence-electron chi connectivity index (χ4n) is 9.55. The Morgan fingerprint density at radius 1 is 0.583 bits per heavy atom. The fraction of sp³-hybridized carbons (Fsp3) is 0.284. The second kappa shape index (κ2) is 19.9. The summed E-state index contributed by atoms with van der Waals surface area (Å²) >= 11 is 0. The van der Waals surface area contributed by atoms with Gasteiger partial charge in [0.25, 0.3) is 0 Å². The average molecular weight is 1140 g/mol. The summed E-state index contributed by atoms with van der Waals surface area (Å²) in [6.07, 6.45) is 1.63. The monoisotopic (exact) mass is 1140 g/mol. The molecule has 0 fully saturated rings. The van der Waals surface area contributed by atoms with Gasteiger partial charge in [0.05, 0.1) is 22.3 Å². The molecule has 0 saturated carbocycles. The minimum atomic E-state index is -3.40. The zero-order chi connectivity index (χ0) is 60.7. The Balaban J connectivity index is 0.00000920. The van der Waals surface area contributed by atoms with Crippen molar-refractivity contribution in [2.75, 3.05) is 0 Å². The zero-order valence-electron chi connectivity index (χ0n) is 54.7. The molecule has 0 atom stereocenters. The van der Waals surface area contributed by atoms with Crippen LogP contribution in [0, 0.1) is 12.9 Å². The van der Waals surface area contributed by atoms with E-state index in [2.05, 4.69) is 97.9 Å². The Labute approximate surface area is 460 Å². The molecule has 9 aromatic rings. The van der Waals surface area contributed by atoms with Crippen LogP contribution in [0.15, 0.2) is 152 Å². The molecule has 4 nitrogen and oxygen atoms in total. The fourth-order valence-corrected chi connectivity index (χ4v) is 9.55. The van der Waals surface area contributed by atoms with Crippen LogP contribution >= 0.6 is 0 Å². The van der Waals surface area contributed by atoms with Crippen LogP contribution in [0.1, 0.15) is 151 Å². The molecule has 370 valence electrons. The SMILES string of the molecule is [2H]C([2H])([2H])c1cc(-c2c(-c3ccccc3)cccc2C(C)(C)C)ccc1-n1c(-c2cc(C(C)C)cc(C(C)C)c2O)nc2c(-c3[c-]c(-c4cc(-c5ccc(C(C([2H])([2H])[2H])(C([2H])([2H])[2H])C([2H])([2H])[2H])cc5)ccn4)cc(C(C)(C)C)c3)cccc21.[Pt]. The van der Waals surface area contributed by atoms with E-state index in [0.29, 0.717) is 61.6 Å². The third-order valence-corrected chi connectivity index (χ3v) is 13.6. The number of rotatable bonds is 9. The van der Waals surface area contributed by atoms with Crippen LogP contribution in [0.25, 0.3) is 83.9 Å². The first-order chi connectivity index (χ1) is 38.5. The molecule has 0 spiro atoms. The summed E-state index contributed by atoms with van der Waals surface area (Å²) < 4.78 is 104. The number of imidazole rings is 1. The maximum atomic E-state index is 12.5. The summed E-state index contributed by atoms with van der Waals surface area (Å²) in [5.41, 5.74) is 8.96. The molecule has 5 heteroatoms. The van der Waals surface area contributed by atoms with E-state index >= 15 is 0 Å². The average Bonchev–Trinajstić information content (AvgIpc) is 1.07. The molecule has 2 heterocycles. The molecular formula is C67H70N3OPt-. The first-order valence-electron chi connectivity index (χ1n) is 30.4. The van der Waals surface area contributed by atoms with Gasteiger partial charge in [-0.1, -0.05) is 204 Å². The van der Waals surface area contributed by atoms with Gasteiger partial charge in [-0.25, -0.2) is 4.98 Å². The number of hydrogen-bond donors (Lipinski definition) is 1. The molecule has 0 amide bonds. The van der Waals surface area contributed by atoms with Gasteiger partial charge in [0, 0.05) is 49.4 Å². The Kier molecular flexibility index (Phi) is 10.6. The molecule has 2 aromatic heterocycles. The molecule has 0 aliphatic carbocycles. The number of nitrogens with zero attached hydrogens (tertiary/aromatic N) is 3. The van der Waals surface area contributed by atoms with Gasteiger partial charge in [-0.3, -0.25) is 9.55 Å². The van der Waals surface area contributed by atoms with Gasteiger partial charge in [-0.05, 0) is 126 Å². The number of aromatic nitrogens is 3. The smallest absolute Gasteiger partial charge is 0.148 e. The normalized spacial score (nSPS) is 15.4. The molecule has 7 aromatic carbocycles. The standard InChI is InChI=1S/C67H70N3O.Pt/c1-41(2)48-38-55(42(3)4)63(71)56(39-48)64-69-62-54(49-35-50(37-52(36-49)66(9,10)11)58-40-46(32-33-68-58)44-26-29-51(30-27-44)65(6,7)8)23-19-25-60(62)70(64)59-31-28-47(34-43(59)5)61-53(45-20-16-15-17-21-45)22-18-24-57(61)67(12,13)14;/h15-34,36-42,71H,1-14H3;/q-1;/i5D3,6D3,7D3,8D3;. The van der Waals surface area contributed by atoms with Crippen LogP contribution in [0.3, 0.4) is 0 Å². The van der Waals surface area contributed by atoms with Crippen LogP contribution < -0.4 is 0 Å². The number of para-hydroxylation sites is 1. The van der Waals surface area contributed by atoms with E-state index in [0.717, 1.165) is 44.5 Å². The van der Waals surface area contributed by atoms with Crippen molar-refractivity contribution in [1.29, 1.82) is 0 Å². The largest absolute Gasteiger partial charge is 0.507 e. The van der Waals surface area contributed by atoms with E-state index in [1.165, 1.54) is 24.3 Å². The third-order valence-electron chi connectivity index (χ3n) is 13.6. The van der Waals surface area contributed by atoms with E-state index < -0.39 is 38.2 Å². The van der Waals surface area contributed by atoms with Crippen molar-refractivity contribution in [2.45, 2.75) is 125 Å². The number of phenolic OH excluding ortho intramolecular Hbond substituents is 1. The number of phenols is 1. The van der Waals surface area contributed by atoms with Gasteiger partial charge < -0.3 is 5.11 Å². The number of fused-ring (bicyclic) bond motifs is 1. The third kappa shape index (κ3) is 10.2. The van der Waals surface area contributed by atoms with Gasteiger partial charge >= 0.3 is 0 Å². The second-order valence-electron chi connectivity index (χ2n) is 21.5. The molecule has 9 rings (SSSR count). The Hall–Kier alpha value is -6.35. The molecule has 0 radical (unpaired) electrons. The molecule has 0 saturated heterocycles. The van der Waals surface area contributed by atoms with Crippen LogP contribution in [0.4, 0.5) is 0 Å². The summed E-state index contributed by atoms with van der Waals surface area (Å²) in [4.78, 5) is 10.3. The van der Waals surface area contributed by atoms with Crippen LogP contribution in [0.2, 0.25) is 0 Å². The molecular weight excluding hydrogens is 1060 g/mol. The van der Waals surface area contributed by atoms with Crippen molar-refractivity contribution in [2.24, 2.45) is 0 Å². The second-order valence-corrected chi connectivity index (χ2v) is 21.5. The van der Waals surface area contributed by atoms with Crippen LogP contribution in [-0.2, 0) is 37.3 Å². The van der Waals surface area contributed by atoms with E-state index in [9.17, 15) is 9.22 Å². The number of benzene rings is 7. The number of pyridine rings is 1. The molecule has 0 aliphatic heterocycles. The van der Waals surface area contributed by atoms with Crippen molar-refractivity contribution in [3.63, 3.8) is 0 Å². The maximum Gasteiger partial charge on any atom is 0.148 e. The van der Waals surface area contributed by atoms with Crippen molar-refractivity contribution in [3.05, 3.63) is 191 Å². The number of aromatic hydroxyl groups is 1. The summed E-state index contributed by atoms with van der Waals surface area (Å²) in [5, 5.41) is 12.5. The van der Waals surface area contributed by atoms with Crippen molar-refractivity contribution in [3.8, 4) is 78.6 Å². The molecule has 1 N–H and O–H groups in total. The van der Waals surface area contributed by atoms with Crippen molar-refractivity contribution >= 4 is 11.0 Å². The first-order valence-corrected chi connectivity index (χ1v) is 24.4. The quantitative estimate of drug-likeness (QED) is 0.147. The van der Waals surface area contributed by atoms with Crippen molar-refractivity contribution < 1.29 is 42.6 Å². The van der Waals surface area contributed by atoms with Gasteiger partial charge in [0.15, 0.2) is 0 Å². The minimum Gasteiger partial charge on any atom is -0.507 e. The molecule has 0 bridgehead atoms. The Morgan fingerprint density at radius 3 is 1.94 bits per heavy atom. The summed E-state index contributed by atoms with van der Waals surface area (Å²) in [6.45, 7) is 8.20. The predicted molar refractivity (Wildman–Crippen MR) is 301 cm³/mol. The Bertz CT molecular complexity index is 3860. The van der Waals surface area contributed by atoms with Gasteiger partial charge in [-0.2, -0.15) is 0 Å². The van der Waals surface area contributed by atoms with Crippen LogP contribution in [0.5, 0.6) is 5.75 Å². The topological polar surface area (TPSA) is 50.9 Å². The van der Waals surface area contributed by atoms with E-state index in [1.807, 2.05) is 91.2 Å². The predicted octanol–water partition coefficient (Wildman–Crippen LogP) is 18.4. The number of aryl methyl sites for hydroxylation is 1. The maximum absolute atomic E-state index is 12.5. The van der Waals surface area contributed by atoms with Gasteiger partial charge in [0.2, 0.25) is 0 Å². The van der Waals surface area contributed by atoms with E-state index in [-0.39, 0.29) is 55.2 Å². The molecule has 0 unspecified atom stereocenters. The molecule has 72 heavy (non-hydrogen) atoms. The summed E-state index contributed by atoms with van der Waals surface area (Å²) in [6, 6.07) is 48.7. The first kappa shape index (κ1) is 38.3. The summed E-state index contributed by atoms with van der Waals surface area (Å²) in [5.74, 6) is 0.413.